The molecule has 1 aliphatic carbocycles. The predicted molar refractivity (Wildman–Crippen MR) is 79.6 cm³/mol. The van der Waals surface area contributed by atoms with Crippen LogP contribution < -0.4 is 10.6 Å². The van der Waals surface area contributed by atoms with E-state index in [0.29, 0.717) is 17.2 Å². The van der Waals surface area contributed by atoms with Gasteiger partial charge in [-0.3, -0.25) is 9.59 Å². The molecule has 4 heteroatoms. The van der Waals surface area contributed by atoms with E-state index in [1.807, 2.05) is 19.9 Å². The van der Waals surface area contributed by atoms with Crippen molar-refractivity contribution >= 4 is 17.5 Å². The SMILES string of the molecule is CC[C@H](C)NC(=O)c1ccccc1NC(=O)[C@@H]1C[C@H]1C. The summed E-state index contributed by atoms with van der Waals surface area (Å²) < 4.78 is 0. The van der Waals surface area contributed by atoms with Gasteiger partial charge < -0.3 is 10.6 Å². The molecule has 1 aromatic rings. The molecule has 0 heterocycles. The molecule has 0 bridgehead atoms. The Morgan fingerprint density at radius 1 is 1.35 bits per heavy atom. The number of benzene rings is 1. The zero-order chi connectivity index (χ0) is 14.7. The minimum absolute atomic E-state index is 0.0151. The maximum absolute atomic E-state index is 12.2. The molecule has 1 aromatic carbocycles. The third kappa shape index (κ3) is 3.38. The van der Waals surface area contributed by atoms with Gasteiger partial charge in [-0.1, -0.05) is 26.0 Å². The predicted octanol–water partition coefficient (Wildman–Crippen LogP) is 2.81. The normalized spacial score (nSPS) is 21.9. The summed E-state index contributed by atoms with van der Waals surface area (Å²) in [4.78, 5) is 24.2. The smallest absolute Gasteiger partial charge is 0.253 e. The van der Waals surface area contributed by atoms with Gasteiger partial charge in [-0.05, 0) is 37.8 Å². The Bertz CT molecular complexity index is 513. The highest BCUT2D eigenvalue weighted by atomic mass is 16.2. The molecule has 3 atom stereocenters. The summed E-state index contributed by atoms with van der Waals surface area (Å²) in [6.45, 7) is 6.05. The molecule has 1 saturated carbocycles. The molecular formula is C16H22N2O2. The summed E-state index contributed by atoms with van der Waals surface area (Å²) in [7, 11) is 0. The van der Waals surface area contributed by atoms with E-state index in [2.05, 4.69) is 17.6 Å². The lowest BCUT2D eigenvalue weighted by atomic mass is 10.1. The molecule has 20 heavy (non-hydrogen) atoms. The molecule has 1 fully saturated rings. The quantitative estimate of drug-likeness (QED) is 0.867. The van der Waals surface area contributed by atoms with E-state index < -0.39 is 0 Å². The molecule has 2 rings (SSSR count). The number of rotatable bonds is 5. The number of hydrogen-bond acceptors (Lipinski definition) is 2. The van der Waals surface area contributed by atoms with Gasteiger partial charge in [0.2, 0.25) is 5.91 Å². The second-order valence-corrected chi connectivity index (χ2v) is 5.64. The maximum Gasteiger partial charge on any atom is 0.253 e. The van der Waals surface area contributed by atoms with Crippen LogP contribution in [-0.4, -0.2) is 17.9 Å². The zero-order valence-electron chi connectivity index (χ0n) is 12.3. The highest BCUT2D eigenvalue weighted by Crippen LogP contribution is 2.38. The number of amides is 2. The topological polar surface area (TPSA) is 58.2 Å². The van der Waals surface area contributed by atoms with Gasteiger partial charge in [-0.2, -0.15) is 0 Å². The van der Waals surface area contributed by atoms with Crippen molar-refractivity contribution in [2.45, 2.75) is 39.7 Å². The van der Waals surface area contributed by atoms with Gasteiger partial charge in [0.1, 0.15) is 0 Å². The molecule has 0 radical (unpaired) electrons. The maximum atomic E-state index is 12.2. The molecule has 1 aliphatic rings. The van der Waals surface area contributed by atoms with E-state index in [9.17, 15) is 9.59 Å². The first-order valence-electron chi connectivity index (χ1n) is 7.23. The van der Waals surface area contributed by atoms with Crippen molar-refractivity contribution in [2.24, 2.45) is 11.8 Å². The third-order valence-electron chi connectivity index (χ3n) is 3.87. The Balaban J connectivity index is 2.09. The highest BCUT2D eigenvalue weighted by molar-refractivity contribution is 6.04. The second-order valence-electron chi connectivity index (χ2n) is 5.64. The van der Waals surface area contributed by atoms with Crippen LogP contribution in [0.15, 0.2) is 24.3 Å². The lowest BCUT2D eigenvalue weighted by Gasteiger charge is -2.14. The van der Waals surface area contributed by atoms with Crippen molar-refractivity contribution in [3.05, 3.63) is 29.8 Å². The monoisotopic (exact) mass is 274 g/mol. The number of carbonyl (C=O) groups is 2. The van der Waals surface area contributed by atoms with Gasteiger partial charge in [0.15, 0.2) is 0 Å². The van der Waals surface area contributed by atoms with E-state index in [1.54, 1.807) is 18.2 Å². The van der Waals surface area contributed by atoms with Gasteiger partial charge in [0.25, 0.3) is 5.91 Å². The fourth-order valence-corrected chi connectivity index (χ4v) is 2.11. The fourth-order valence-electron chi connectivity index (χ4n) is 2.11. The number of para-hydroxylation sites is 1. The first kappa shape index (κ1) is 14.6. The second kappa shape index (κ2) is 6.07. The number of carbonyl (C=O) groups excluding carboxylic acids is 2. The number of nitrogens with one attached hydrogen (secondary N) is 2. The first-order chi connectivity index (χ1) is 9.52. The van der Waals surface area contributed by atoms with E-state index in [-0.39, 0.29) is 23.8 Å². The minimum Gasteiger partial charge on any atom is -0.350 e. The van der Waals surface area contributed by atoms with E-state index in [4.69, 9.17) is 0 Å². The Labute approximate surface area is 119 Å². The van der Waals surface area contributed by atoms with Gasteiger partial charge in [0, 0.05) is 12.0 Å². The minimum atomic E-state index is -0.140. The molecule has 0 unspecified atom stereocenters. The average Bonchev–Trinajstić information content (AvgIpc) is 3.16. The van der Waals surface area contributed by atoms with Crippen LogP contribution in [0.2, 0.25) is 0 Å². The summed E-state index contributed by atoms with van der Waals surface area (Å²) in [6.07, 6.45) is 1.81. The van der Waals surface area contributed by atoms with E-state index in [0.717, 1.165) is 12.8 Å². The Morgan fingerprint density at radius 3 is 2.60 bits per heavy atom. The van der Waals surface area contributed by atoms with Crippen molar-refractivity contribution in [1.29, 1.82) is 0 Å². The molecule has 0 saturated heterocycles. The molecule has 2 amide bonds. The molecular weight excluding hydrogens is 252 g/mol. The van der Waals surface area contributed by atoms with Crippen molar-refractivity contribution in [3.8, 4) is 0 Å². The molecule has 0 aromatic heterocycles. The van der Waals surface area contributed by atoms with Crippen molar-refractivity contribution in [3.63, 3.8) is 0 Å². The lowest BCUT2D eigenvalue weighted by molar-refractivity contribution is -0.117. The van der Waals surface area contributed by atoms with Crippen LogP contribution in [0.4, 0.5) is 5.69 Å². The summed E-state index contributed by atoms with van der Waals surface area (Å²) in [5.41, 5.74) is 1.12. The van der Waals surface area contributed by atoms with Crippen LogP contribution in [0.1, 0.15) is 44.0 Å². The first-order valence-corrected chi connectivity index (χ1v) is 7.23. The molecule has 4 nitrogen and oxygen atoms in total. The van der Waals surface area contributed by atoms with Crippen molar-refractivity contribution < 1.29 is 9.59 Å². The Hall–Kier alpha value is -1.84. The third-order valence-corrected chi connectivity index (χ3v) is 3.87. The van der Waals surface area contributed by atoms with Crippen LogP contribution in [0.25, 0.3) is 0 Å². The van der Waals surface area contributed by atoms with Crippen LogP contribution in [0.5, 0.6) is 0 Å². The molecule has 0 spiro atoms. The van der Waals surface area contributed by atoms with E-state index >= 15 is 0 Å². The summed E-state index contributed by atoms with van der Waals surface area (Å²) in [6, 6.07) is 7.27. The fraction of sp³-hybridized carbons (Fsp3) is 0.500. The Morgan fingerprint density at radius 2 is 2.00 bits per heavy atom. The standard InChI is InChI=1S/C16H22N2O2/c1-4-11(3)17-15(19)12-7-5-6-8-14(12)18-16(20)13-9-10(13)2/h5-8,10-11,13H,4,9H2,1-3H3,(H,17,19)(H,18,20)/t10-,11+,13-/m1/s1. The van der Waals surface area contributed by atoms with Crippen LogP contribution >= 0.6 is 0 Å². The highest BCUT2D eigenvalue weighted by Gasteiger charge is 2.39. The summed E-state index contributed by atoms with van der Waals surface area (Å²) in [5, 5.41) is 5.80. The summed E-state index contributed by atoms with van der Waals surface area (Å²) in [5.74, 6) is 0.428. The lowest BCUT2D eigenvalue weighted by Crippen LogP contribution is -2.32. The van der Waals surface area contributed by atoms with E-state index in [1.165, 1.54) is 0 Å². The number of hydrogen-bond donors (Lipinski definition) is 2. The number of anilines is 1. The van der Waals surface area contributed by atoms with Gasteiger partial charge in [-0.15, -0.1) is 0 Å². The van der Waals surface area contributed by atoms with Crippen LogP contribution in [0, 0.1) is 11.8 Å². The van der Waals surface area contributed by atoms with Gasteiger partial charge >= 0.3 is 0 Å². The molecule has 2 N–H and O–H groups in total. The zero-order valence-corrected chi connectivity index (χ0v) is 12.3. The molecule has 0 aliphatic heterocycles. The van der Waals surface area contributed by atoms with Gasteiger partial charge in [0.05, 0.1) is 11.3 Å². The van der Waals surface area contributed by atoms with Crippen LogP contribution in [-0.2, 0) is 4.79 Å². The van der Waals surface area contributed by atoms with Crippen molar-refractivity contribution in [2.75, 3.05) is 5.32 Å². The van der Waals surface area contributed by atoms with Crippen LogP contribution in [0.3, 0.4) is 0 Å². The largest absolute Gasteiger partial charge is 0.350 e. The molecule has 108 valence electrons. The van der Waals surface area contributed by atoms with Crippen molar-refractivity contribution in [1.82, 2.24) is 5.32 Å². The Kier molecular flexibility index (Phi) is 4.42. The van der Waals surface area contributed by atoms with Gasteiger partial charge in [-0.25, -0.2) is 0 Å². The average molecular weight is 274 g/mol. The summed E-state index contributed by atoms with van der Waals surface area (Å²) >= 11 is 0.